The average molecular weight is 282 g/mol. The third-order valence-electron chi connectivity index (χ3n) is 5.56. The Morgan fingerprint density at radius 2 is 1.95 bits per heavy atom. The van der Waals surface area contributed by atoms with Gasteiger partial charge in [0.1, 0.15) is 0 Å². The van der Waals surface area contributed by atoms with Gasteiger partial charge in [0.2, 0.25) is 0 Å². The molecule has 4 rings (SSSR count). The van der Waals surface area contributed by atoms with Crippen molar-refractivity contribution >= 4 is 16.7 Å². The van der Waals surface area contributed by atoms with Crippen LogP contribution in [-0.2, 0) is 0 Å². The molecule has 0 aliphatic carbocycles. The fourth-order valence-corrected chi connectivity index (χ4v) is 4.37. The number of rotatable bonds is 3. The molecule has 2 aromatic rings. The van der Waals surface area contributed by atoms with E-state index in [0.717, 1.165) is 16.5 Å². The van der Waals surface area contributed by atoms with Crippen LogP contribution < -0.4 is 0 Å². The highest BCUT2D eigenvalue weighted by molar-refractivity contribution is 6.07. The van der Waals surface area contributed by atoms with Crippen LogP contribution in [0.25, 0.3) is 10.9 Å². The Morgan fingerprint density at radius 1 is 1.24 bits per heavy atom. The van der Waals surface area contributed by atoms with Crippen molar-refractivity contribution in [3.8, 4) is 0 Å². The van der Waals surface area contributed by atoms with Gasteiger partial charge in [0.15, 0.2) is 5.78 Å². The van der Waals surface area contributed by atoms with Gasteiger partial charge in [-0.3, -0.25) is 4.79 Å². The molecule has 0 amide bonds. The first-order valence-corrected chi connectivity index (χ1v) is 8.03. The summed E-state index contributed by atoms with van der Waals surface area (Å²) in [6.45, 7) is 0. The number of fused-ring (bicyclic) bond motifs is 3. The second kappa shape index (κ2) is 4.99. The van der Waals surface area contributed by atoms with Crippen molar-refractivity contribution in [2.45, 2.75) is 44.2 Å². The van der Waals surface area contributed by atoms with Crippen LogP contribution in [0.4, 0.5) is 0 Å². The Hall–Kier alpha value is -1.61. The molecule has 2 atom stereocenters. The highest BCUT2D eigenvalue weighted by Gasteiger charge is 2.38. The zero-order valence-electron chi connectivity index (χ0n) is 12.5. The van der Waals surface area contributed by atoms with Gasteiger partial charge in [-0.2, -0.15) is 0 Å². The number of Topliss-reactive ketones (excluding diaryl/α,β-unsaturated/α-hetero) is 1. The first-order chi connectivity index (χ1) is 10.2. The molecule has 3 nitrogen and oxygen atoms in total. The minimum atomic E-state index is 0.307. The standard InChI is InChI=1S/C18H22N2O/c1-20-13-6-7-14(20)9-12(8-13)10-18(21)16-11-19-17-5-3-2-4-15(16)17/h2-5,11-14,19H,6-10H2,1H3. The Bertz CT molecular complexity index is 661. The molecular weight excluding hydrogens is 260 g/mol. The van der Waals surface area contributed by atoms with Gasteiger partial charge in [0.05, 0.1) is 0 Å². The van der Waals surface area contributed by atoms with Crippen LogP contribution in [0.5, 0.6) is 0 Å². The van der Waals surface area contributed by atoms with E-state index in [1.165, 1.54) is 25.7 Å². The second-order valence-corrected chi connectivity index (χ2v) is 6.76. The number of hydrogen-bond donors (Lipinski definition) is 1. The number of H-pyrrole nitrogens is 1. The molecule has 0 radical (unpaired) electrons. The number of nitrogens with one attached hydrogen (secondary N) is 1. The molecule has 0 saturated carbocycles. The summed E-state index contributed by atoms with van der Waals surface area (Å²) >= 11 is 0. The maximum absolute atomic E-state index is 12.7. The maximum atomic E-state index is 12.7. The molecule has 2 aliphatic heterocycles. The lowest BCUT2D eigenvalue weighted by molar-refractivity contribution is 0.0884. The summed E-state index contributed by atoms with van der Waals surface area (Å²) in [4.78, 5) is 18.4. The van der Waals surface area contributed by atoms with E-state index in [4.69, 9.17) is 0 Å². The predicted octanol–water partition coefficient (Wildman–Crippen LogP) is 3.61. The van der Waals surface area contributed by atoms with E-state index in [1.807, 2.05) is 30.5 Å². The molecule has 3 heterocycles. The minimum Gasteiger partial charge on any atom is -0.360 e. The number of benzene rings is 1. The quantitative estimate of drug-likeness (QED) is 0.873. The fourth-order valence-electron chi connectivity index (χ4n) is 4.37. The van der Waals surface area contributed by atoms with Gasteiger partial charge < -0.3 is 9.88 Å². The average Bonchev–Trinajstić information content (AvgIpc) is 2.98. The minimum absolute atomic E-state index is 0.307. The Labute approximate surface area is 125 Å². The van der Waals surface area contributed by atoms with Crippen LogP contribution in [0, 0.1) is 5.92 Å². The fraction of sp³-hybridized carbons (Fsp3) is 0.500. The number of ketones is 1. The summed E-state index contributed by atoms with van der Waals surface area (Å²) in [6, 6.07) is 9.50. The summed E-state index contributed by atoms with van der Waals surface area (Å²) in [5, 5.41) is 1.07. The van der Waals surface area contributed by atoms with E-state index in [-0.39, 0.29) is 0 Å². The molecule has 110 valence electrons. The zero-order chi connectivity index (χ0) is 14.4. The van der Waals surface area contributed by atoms with Crippen molar-refractivity contribution in [3.05, 3.63) is 36.0 Å². The van der Waals surface area contributed by atoms with E-state index in [9.17, 15) is 4.79 Å². The van der Waals surface area contributed by atoms with Crippen molar-refractivity contribution < 1.29 is 4.79 Å². The Balaban J connectivity index is 1.51. The van der Waals surface area contributed by atoms with Crippen LogP contribution in [-0.4, -0.2) is 34.8 Å². The number of carbonyl (C=O) groups is 1. The summed E-state index contributed by atoms with van der Waals surface area (Å²) in [6.07, 6.45) is 7.62. The largest absolute Gasteiger partial charge is 0.360 e. The zero-order valence-corrected chi connectivity index (χ0v) is 12.5. The smallest absolute Gasteiger partial charge is 0.165 e. The van der Waals surface area contributed by atoms with Crippen LogP contribution in [0.3, 0.4) is 0 Å². The molecule has 1 aromatic heterocycles. The van der Waals surface area contributed by atoms with E-state index < -0.39 is 0 Å². The van der Waals surface area contributed by atoms with Gasteiger partial charge in [-0.15, -0.1) is 0 Å². The first-order valence-electron chi connectivity index (χ1n) is 8.03. The van der Waals surface area contributed by atoms with Crippen molar-refractivity contribution in [2.24, 2.45) is 5.92 Å². The Morgan fingerprint density at radius 3 is 2.71 bits per heavy atom. The number of hydrogen-bond acceptors (Lipinski definition) is 2. The van der Waals surface area contributed by atoms with Crippen LogP contribution in [0.15, 0.2) is 30.5 Å². The van der Waals surface area contributed by atoms with Gasteiger partial charge in [-0.25, -0.2) is 0 Å². The number of aromatic nitrogens is 1. The molecule has 21 heavy (non-hydrogen) atoms. The SMILES string of the molecule is CN1C2CCC1CC(CC(=O)c1c[nH]c3ccccc13)C2. The second-order valence-electron chi connectivity index (χ2n) is 6.76. The number of aromatic amines is 1. The lowest BCUT2D eigenvalue weighted by atomic mass is 9.86. The molecule has 2 unspecified atom stereocenters. The monoisotopic (exact) mass is 282 g/mol. The molecular formula is C18H22N2O. The van der Waals surface area contributed by atoms with E-state index in [2.05, 4.69) is 16.9 Å². The van der Waals surface area contributed by atoms with E-state index >= 15 is 0 Å². The predicted molar refractivity (Wildman–Crippen MR) is 84.5 cm³/mol. The van der Waals surface area contributed by atoms with Crippen molar-refractivity contribution in [2.75, 3.05) is 7.05 Å². The van der Waals surface area contributed by atoms with Gasteiger partial charge in [-0.05, 0) is 44.7 Å². The van der Waals surface area contributed by atoms with E-state index in [1.54, 1.807) is 0 Å². The molecule has 2 aliphatic rings. The van der Waals surface area contributed by atoms with Crippen LogP contribution >= 0.6 is 0 Å². The van der Waals surface area contributed by atoms with Crippen molar-refractivity contribution in [1.82, 2.24) is 9.88 Å². The molecule has 2 bridgehead atoms. The molecule has 1 N–H and O–H groups in total. The molecule has 2 saturated heterocycles. The van der Waals surface area contributed by atoms with Crippen LogP contribution in [0.2, 0.25) is 0 Å². The number of piperidine rings is 1. The van der Waals surface area contributed by atoms with Crippen LogP contribution in [0.1, 0.15) is 42.5 Å². The molecule has 0 spiro atoms. The third kappa shape index (κ3) is 2.20. The van der Waals surface area contributed by atoms with Crippen molar-refractivity contribution in [1.29, 1.82) is 0 Å². The lowest BCUT2D eigenvalue weighted by Crippen LogP contribution is -2.40. The van der Waals surface area contributed by atoms with E-state index in [0.29, 0.717) is 30.2 Å². The van der Waals surface area contributed by atoms with Gasteiger partial charge >= 0.3 is 0 Å². The highest BCUT2D eigenvalue weighted by atomic mass is 16.1. The number of carbonyl (C=O) groups excluding carboxylic acids is 1. The highest BCUT2D eigenvalue weighted by Crippen LogP contribution is 2.39. The first kappa shape index (κ1) is 13.1. The molecule has 2 fully saturated rings. The number of para-hydroxylation sites is 1. The normalized spacial score (nSPS) is 29.1. The third-order valence-corrected chi connectivity index (χ3v) is 5.56. The van der Waals surface area contributed by atoms with Crippen molar-refractivity contribution in [3.63, 3.8) is 0 Å². The molecule has 3 heteroatoms. The summed E-state index contributed by atoms with van der Waals surface area (Å²) in [5.41, 5.74) is 1.93. The lowest BCUT2D eigenvalue weighted by Gasteiger charge is -2.36. The van der Waals surface area contributed by atoms with Gasteiger partial charge in [0, 0.05) is 41.2 Å². The Kier molecular flexibility index (Phi) is 3.11. The molecule has 1 aromatic carbocycles. The topological polar surface area (TPSA) is 36.1 Å². The number of nitrogens with zero attached hydrogens (tertiary/aromatic N) is 1. The maximum Gasteiger partial charge on any atom is 0.165 e. The van der Waals surface area contributed by atoms with Gasteiger partial charge in [-0.1, -0.05) is 18.2 Å². The summed E-state index contributed by atoms with van der Waals surface area (Å²) < 4.78 is 0. The van der Waals surface area contributed by atoms with Gasteiger partial charge in [0.25, 0.3) is 0 Å². The summed E-state index contributed by atoms with van der Waals surface area (Å²) in [7, 11) is 2.25. The summed E-state index contributed by atoms with van der Waals surface area (Å²) in [5.74, 6) is 0.876.